The van der Waals surface area contributed by atoms with Crippen LogP contribution in [0.5, 0.6) is 0 Å². The largest absolute Gasteiger partial charge is 0.366 e. The highest BCUT2D eigenvalue weighted by Crippen LogP contribution is 2.31. The summed E-state index contributed by atoms with van der Waals surface area (Å²) >= 11 is 0. The van der Waals surface area contributed by atoms with Gasteiger partial charge in [-0.05, 0) is 29.7 Å². The quantitative estimate of drug-likeness (QED) is 0.600. The van der Waals surface area contributed by atoms with E-state index in [-0.39, 0.29) is 18.2 Å². The molecule has 0 aliphatic carbocycles. The minimum Gasteiger partial charge on any atom is -0.366 e. The van der Waals surface area contributed by atoms with Gasteiger partial charge in [0.05, 0.1) is 5.69 Å². The fourth-order valence-corrected chi connectivity index (χ4v) is 4.71. The molecule has 1 atom stereocenters. The van der Waals surface area contributed by atoms with Gasteiger partial charge in [-0.2, -0.15) is 0 Å². The third kappa shape index (κ3) is 3.80. The second kappa shape index (κ2) is 8.58. The highest BCUT2D eigenvalue weighted by molar-refractivity contribution is 6.06. The van der Waals surface area contributed by atoms with Crippen molar-refractivity contribution in [1.82, 2.24) is 20.5 Å². The van der Waals surface area contributed by atoms with E-state index < -0.39 is 11.9 Å². The Hall–Kier alpha value is -3.46. The number of carbonyl (C=O) groups is 3. The summed E-state index contributed by atoms with van der Waals surface area (Å²) in [6.07, 6.45) is 2.37. The minimum atomic E-state index is -0.608. The maximum atomic E-state index is 13.3. The topological polar surface area (TPSA) is 107 Å². The van der Waals surface area contributed by atoms with Crippen LogP contribution in [0.4, 0.5) is 11.5 Å². The van der Waals surface area contributed by atoms with Crippen LogP contribution in [-0.2, 0) is 22.7 Å². The lowest BCUT2D eigenvalue weighted by molar-refractivity contribution is -0.136. The van der Waals surface area contributed by atoms with Gasteiger partial charge >= 0.3 is 0 Å². The zero-order valence-corrected chi connectivity index (χ0v) is 17.8. The predicted molar refractivity (Wildman–Crippen MR) is 119 cm³/mol. The fourth-order valence-electron chi connectivity index (χ4n) is 4.71. The van der Waals surface area contributed by atoms with Gasteiger partial charge in [-0.15, -0.1) is 0 Å². The number of piperazine rings is 1. The molecule has 0 saturated carbocycles. The summed E-state index contributed by atoms with van der Waals surface area (Å²) in [5, 5.41) is 9.13. The number of amides is 3. The number of nitrogens with zero attached hydrogens (tertiary/aromatic N) is 3. The van der Waals surface area contributed by atoms with Crippen LogP contribution in [0.25, 0.3) is 0 Å². The number of hydrogen-bond donors (Lipinski definition) is 3. The summed E-state index contributed by atoms with van der Waals surface area (Å²) in [4.78, 5) is 45.5. The molecule has 166 valence electrons. The molecule has 0 bridgehead atoms. The third-order valence-electron chi connectivity index (χ3n) is 6.33. The van der Waals surface area contributed by atoms with E-state index >= 15 is 0 Å². The molecule has 5 rings (SSSR count). The summed E-state index contributed by atoms with van der Waals surface area (Å²) in [7, 11) is 0. The van der Waals surface area contributed by atoms with E-state index in [4.69, 9.17) is 0 Å². The summed E-state index contributed by atoms with van der Waals surface area (Å²) in [6, 6.07) is 9.19. The first kappa shape index (κ1) is 20.4. The number of hydrogen-bond acceptors (Lipinski definition) is 7. The highest BCUT2D eigenvalue weighted by atomic mass is 16.2. The molecular weight excluding hydrogens is 408 g/mol. The van der Waals surface area contributed by atoms with Gasteiger partial charge in [0.25, 0.3) is 5.91 Å². The Balaban J connectivity index is 1.34. The van der Waals surface area contributed by atoms with E-state index in [9.17, 15) is 14.4 Å². The molecule has 2 saturated heterocycles. The molecule has 0 spiro atoms. The lowest BCUT2D eigenvalue weighted by Crippen LogP contribution is -2.52. The maximum absolute atomic E-state index is 13.3. The van der Waals surface area contributed by atoms with Gasteiger partial charge in [0.15, 0.2) is 0 Å². The molecule has 3 aliphatic heterocycles. The fraction of sp³-hybridized carbons (Fsp3) is 0.391. The van der Waals surface area contributed by atoms with Crippen molar-refractivity contribution >= 4 is 29.2 Å². The van der Waals surface area contributed by atoms with Crippen LogP contribution in [0.15, 0.2) is 36.5 Å². The molecule has 2 fully saturated rings. The first-order valence-electron chi connectivity index (χ1n) is 11.0. The van der Waals surface area contributed by atoms with E-state index in [1.54, 1.807) is 11.1 Å². The van der Waals surface area contributed by atoms with E-state index in [2.05, 4.69) is 31.9 Å². The minimum absolute atomic E-state index is 0.157. The smallest absolute Gasteiger partial charge is 0.255 e. The summed E-state index contributed by atoms with van der Waals surface area (Å²) in [5.74, 6) is -0.0399. The SMILES string of the molecule is O=C1CCC(N2Cc3cccc(CNc4ncccc4N4CCNCC4)c3C2=O)C(=O)N1. The lowest BCUT2D eigenvalue weighted by atomic mass is 10.0. The molecule has 3 amide bonds. The van der Waals surface area contributed by atoms with E-state index in [0.29, 0.717) is 25.1 Å². The Labute approximate surface area is 186 Å². The van der Waals surface area contributed by atoms with Crippen molar-refractivity contribution in [3.05, 3.63) is 53.2 Å². The number of rotatable bonds is 5. The van der Waals surface area contributed by atoms with Gasteiger partial charge in [0, 0.05) is 57.4 Å². The van der Waals surface area contributed by atoms with Crippen molar-refractivity contribution in [2.45, 2.75) is 32.0 Å². The van der Waals surface area contributed by atoms with Gasteiger partial charge in [-0.25, -0.2) is 4.98 Å². The van der Waals surface area contributed by atoms with Crippen LogP contribution in [0, 0.1) is 0 Å². The normalized spacial score (nSPS) is 20.9. The van der Waals surface area contributed by atoms with Crippen LogP contribution in [-0.4, -0.2) is 59.8 Å². The molecule has 1 aromatic carbocycles. The Morgan fingerprint density at radius 3 is 2.75 bits per heavy atom. The van der Waals surface area contributed by atoms with Gasteiger partial charge < -0.3 is 20.4 Å². The van der Waals surface area contributed by atoms with E-state index in [1.807, 2.05) is 24.3 Å². The van der Waals surface area contributed by atoms with Crippen molar-refractivity contribution in [1.29, 1.82) is 0 Å². The van der Waals surface area contributed by atoms with Gasteiger partial charge in [0.2, 0.25) is 11.8 Å². The number of imide groups is 1. The number of nitrogens with one attached hydrogen (secondary N) is 3. The Morgan fingerprint density at radius 2 is 1.94 bits per heavy atom. The first-order chi connectivity index (χ1) is 15.6. The monoisotopic (exact) mass is 434 g/mol. The Bertz CT molecular complexity index is 1070. The molecule has 1 unspecified atom stereocenters. The highest BCUT2D eigenvalue weighted by Gasteiger charge is 2.39. The molecule has 4 heterocycles. The maximum Gasteiger partial charge on any atom is 0.255 e. The zero-order valence-electron chi connectivity index (χ0n) is 17.8. The van der Waals surface area contributed by atoms with Crippen LogP contribution in [0.2, 0.25) is 0 Å². The standard InChI is InChI=1S/C23H26N6O3/c30-19-7-6-18(22(31)27-19)29-14-16-4-1-3-15(20(16)23(29)32)13-26-21-17(5-2-8-25-21)28-11-9-24-10-12-28/h1-5,8,18,24H,6-7,9-14H2,(H,25,26)(H,27,30,31). The number of benzene rings is 1. The number of pyridine rings is 1. The summed E-state index contributed by atoms with van der Waals surface area (Å²) in [6.45, 7) is 4.54. The molecule has 0 radical (unpaired) electrons. The zero-order chi connectivity index (χ0) is 22.1. The van der Waals surface area contributed by atoms with Gasteiger partial charge in [0.1, 0.15) is 11.9 Å². The number of anilines is 2. The average Bonchev–Trinajstić information content (AvgIpc) is 3.15. The average molecular weight is 435 g/mol. The van der Waals surface area contributed by atoms with Gasteiger partial charge in [-0.3, -0.25) is 19.7 Å². The Kier molecular flexibility index (Phi) is 5.48. The number of carbonyl (C=O) groups excluding carboxylic acids is 3. The molecule has 9 heteroatoms. The van der Waals surface area contributed by atoms with Crippen LogP contribution in [0.3, 0.4) is 0 Å². The van der Waals surface area contributed by atoms with Crippen molar-refractivity contribution in [2.75, 3.05) is 36.4 Å². The number of piperidine rings is 1. The Morgan fingerprint density at radius 1 is 1.09 bits per heavy atom. The molecule has 3 aliphatic rings. The van der Waals surface area contributed by atoms with E-state index in [0.717, 1.165) is 48.8 Å². The molecule has 3 N–H and O–H groups in total. The second-order valence-corrected chi connectivity index (χ2v) is 8.31. The van der Waals surface area contributed by atoms with E-state index in [1.165, 1.54) is 0 Å². The third-order valence-corrected chi connectivity index (χ3v) is 6.33. The number of fused-ring (bicyclic) bond motifs is 1. The van der Waals surface area contributed by atoms with Crippen LogP contribution >= 0.6 is 0 Å². The summed E-state index contributed by atoms with van der Waals surface area (Å²) in [5.41, 5.74) is 3.48. The molecular formula is C23H26N6O3. The molecule has 1 aromatic heterocycles. The first-order valence-corrected chi connectivity index (χ1v) is 11.0. The van der Waals surface area contributed by atoms with Crippen molar-refractivity contribution in [2.24, 2.45) is 0 Å². The van der Waals surface area contributed by atoms with Crippen molar-refractivity contribution in [3.63, 3.8) is 0 Å². The molecule has 2 aromatic rings. The van der Waals surface area contributed by atoms with Gasteiger partial charge in [-0.1, -0.05) is 18.2 Å². The summed E-state index contributed by atoms with van der Waals surface area (Å²) < 4.78 is 0. The lowest BCUT2D eigenvalue weighted by Gasteiger charge is -2.30. The number of aromatic nitrogens is 1. The van der Waals surface area contributed by atoms with Crippen LogP contribution < -0.4 is 20.9 Å². The van der Waals surface area contributed by atoms with Crippen molar-refractivity contribution < 1.29 is 14.4 Å². The van der Waals surface area contributed by atoms with Crippen LogP contribution in [0.1, 0.15) is 34.3 Å². The predicted octanol–water partition coefficient (Wildman–Crippen LogP) is 0.864. The molecule has 32 heavy (non-hydrogen) atoms. The molecule has 9 nitrogen and oxygen atoms in total. The van der Waals surface area contributed by atoms with Crippen molar-refractivity contribution in [3.8, 4) is 0 Å². The second-order valence-electron chi connectivity index (χ2n) is 8.31.